The van der Waals surface area contributed by atoms with Gasteiger partial charge in [-0.25, -0.2) is 17.6 Å². The first-order valence-corrected chi connectivity index (χ1v) is 14.3. The summed E-state index contributed by atoms with van der Waals surface area (Å²) < 4.78 is 94.0. The van der Waals surface area contributed by atoms with E-state index in [0.29, 0.717) is 17.2 Å². The van der Waals surface area contributed by atoms with E-state index in [1.165, 1.54) is 30.3 Å². The number of aromatic nitrogens is 2. The first-order valence-electron chi connectivity index (χ1n) is 12.5. The van der Waals surface area contributed by atoms with E-state index < -0.39 is 44.3 Å². The molecule has 5 rings (SSSR count). The minimum absolute atomic E-state index is 0.0830. The van der Waals surface area contributed by atoms with Gasteiger partial charge in [0.15, 0.2) is 5.82 Å². The second-order valence-corrected chi connectivity index (χ2v) is 11.8. The lowest BCUT2D eigenvalue weighted by Crippen LogP contribution is -2.43. The molecule has 0 radical (unpaired) electrons. The normalized spacial score (nSPS) is 15.8. The Morgan fingerprint density at radius 3 is 2.62 bits per heavy atom. The molecule has 1 aliphatic rings. The lowest BCUT2D eigenvalue weighted by atomic mass is 10.0. The average molecular weight is 624 g/mol. The summed E-state index contributed by atoms with van der Waals surface area (Å²) in [7, 11) is -4.52. The molecule has 1 aliphatic heterocycles. The Morgan fingerprint density at radius 2 is 1.93 bits per heavy atom. The molecule has 0 fully saturated rings. The largest absolute Gasteiger partial charge is 0.486 e. The number of anilines is 1. The predicted molar refractivity (Wildman–Crippen MR) is 147 cm³/mol. The Morgan fingerprint density at radius 1 is 1.17 bits per heavy atom. The van der Waals surface area contributed by atoms with Gasteiger partial charge in [-0.1, -0.05) is 41.0 Å². The average Bonchev–Trinajstić information content (AvgIpc) is 3.36. The predicted octanol–water partition coefficient (Wildman–Crippen LogP) is 6.32. The number of hydrogen-bond acceptors (Lipinski definition) is 6. The zero-order valence-electron chi connectivity index (χ0n) is 21.8. The molecule has 0 saturated heterocycles. The summed E-state index contributed by atoms with van der Waals surface area (Å²) in [6, 6.07) is 12.4. The number of nitrogens with one attached hydrogen (secondary N) is 1. The van der Waals surface area contributed by atoms with Crippen LogP contribution in [0.2, 0.25) is 5.02 Å². The van der Waals surface area contributed by atoms with Crippen molar-refractivity contribution in [2.24, 2.45) is 0 Å². The fourth-order valence-corrected chi connectivity index (χ4v) is 6.48. The molecule has 1 N–H and O–H groups in total. The number of rotatable bonds is 7. The molecule has 0 aliphatic carbocycles. The van der Waals surface area contributed by atoms with Crippen LogP contribution < -0.4 is 14.8 Å². The molecule has 3 aromatic carbocycles. The Hall–Kier alpha value is -4.10. The molecule has 1 unspecified atom stereocenters. The molecule has 0 spiro atoms. The van der Waals surface area contributed by atoms with Crippen LogP contribution in [0.15, 0.2) is 74.9 Å². The molecule has 0 amide bonds. The lowest BCUT2D eigenvalue weighted by molar-refractivity contribution is -0.137. The molecule has 42 heavy (non-hydrogen) atoms. The van der Waals surface area contributed by atoms with Crippen LogP contribution in [-0.2, 0) is 22.6 Å². The van der Waals surface area contributed by atoms with Gasteiger partial charge in [-0.3, -0.25) is 13.8 Å². The summed E-state index contributed by atoms with van der Waals surface area (Å²) in [5, 5.41) is 3.78. The maximum atomic E-state index is 14.5. The van der Waals surface area contributed by atoms with Gasteiger partial charge in [-0.15, -0.1) is 0 Å². The van der Waals surface area contributed by atoms with E-state index in [-0.39, 0.29) is 47.2 Å². The van der Waals surface area contributed by atoms with Gasteiger partial charge in [0.2, 0.25) is 0 Å². The maximum Gasteiger partial charge on any atom is 0.438 e. The van der Waals surface area contributed by atoms with Crippen molar-refractivity contribution in [3.05, 3.63) is 105 Å². The van der Waals surface area contributed by atoms with Crippen molar-refractivity contribution in [1.82, 2.24) is 10.1 Å². The van der Waals surface area contributed by atoms with E-state index >= 15 is 0 Å². The Labute approximate surface area is 242 Å². The topological polar surface area (TPSA) is 106 Å². The highest BCUT2D eigenvalue weighted by molar-refractivity contribution is 7.92. The third kappa shape index (κ3) is 6.07. The van der Waals surface area contributed by atoms with Crippen LogP contribution in [0.25, 0.3) is 11.6 Å². The van der Waals surface area contributed by atoms with Gasteiger partial charge in [0.25, 0.3) is 10.0 Å². The third-order valence-corrected chi connectivity index (χ3v) is 8.68. The van der Waals surface area contributed by atoms with Crippen molar-refractivity contribution >= 4 is 39.0 Å². The van der Waals surface area contributed by atoms with Gasteiger partial charge in [0, 0.05) is 12.0 Å². The summed E-state index contributed by atoms with van der Waals surface area (Å²) in [6.07, 6.45) is -3.53. The Kier molecular flexibility index (Phi) is 7.90. The standard InChI is InChI=1S/C28H22ClF4N3O5S/c1-16(26-21(29)6-3-7-22(26)30)12-17-8-10-24-23(13-17)36(15-19(40-24)9-11-25-34-27(37)41-35-25)42(38,39)20-5-2-4-18(14-20)28(31,32)33/h2-8,10,12-14,19H,9,11,15H2,1H3,(H,34,35,37). The monoisotopic (exact) mass is 623 g/mol. The number of benzene rings is 3. The number of alkyl halides is 3. The highest BCUT2D eigenvalue weighted by atomic mass is 35.5. The fourth-order valence-electron chi connectivity index (χ4n) is 4.62. The number of sulfonamides is 1. The second kappa shape index (κ2) is 11.3. The number of ether oxygens (including phenoxy) is 1. The summed E-state index contributed by atoms with van der Waals surface area (Å²) in [5.41, 5.74) is 0.0727. The van der Waals surface area contributed by atoms with Crippen LogP contribution >= 0.6 is 11.6 Å². The Balaban J connectivity index is 1.55. The third-order valence-electron chi connectivity index (χ3n) is 6.59. The fraction of sp³-hybridized carbons (Fsp3) is 0.214. The van der Waals surface area contributed by atoms with E-state index in [0.717, 1.165) is 22.5 Å². The second-order valence-electron chi connectivity index (χ2n) is 9.53. The van der Waals surface area contributed by atoms with Crippen molar-refractivity contribution in [1.29, 1.82) is 0 Å². The van der Waals surface area contributed by atoms with Crippen LogP contribution in [0.5, 0.6) is 5.75 Å². The number of halogens is 5. The van der Waals surface area contributed by atoms with Crippen LogP contribution in [0.4, 0.5) is 23.2 Å². The van der Waals surface area contributed by atoms with Gasteiger partial charge in [0.1, 0.15) is 17.7 Å². The smallest absolute Gasteiger partial charge is 0.438 e. The molecule has 0 bridgehead atoms. The molecule has 1 aromatic heterocycles. The highest BCUT2D eigenvalue weighted by Crippen LogP contribution is 2.40. The van der Waals surface area contributed by atoms with Gasteiger partial charge in [-0.05, 0) is 66.9 Å². The summed E-state index contributed by atoms with van der Waals surface area (Å²) >= 11 is 6.19. The summed E-state index contributed by atoms with van der Waals surface area (Å²) in [5.74, 6) is -0.901. The number of fused-ring (bicyclic) bond motifs is 1. The quantitative estimate of drug-likeness (QED) is 0.191. The van der Waals surface area contributed by atoms with E-state index in [2.05, 4.69) is 14.7 Å². The zero-order valence-corrected chi connectivity index (χ0v) is 23.4. The molecule has 1 atom stereocenters. The van der Waals surface area contributed by atoms with E-state index in [4.69, 9.17) is 16.3 Å². The van der Waals surface area contributed by atoms with E-state index in [9.17, 15) is 30.8 Å². The van der Waals surface area contributed by atoms with Crippen molar-refractivity contribution in [3.63, 3.8) is 0 Å². The minimum atomic E-state index is -4.75. The van der Waals surface area contributed by atoms with E-state index in [1.807, 2.05) is 0 Å². The first-order chi connectivity index (χ1) is 19.8. The molecule has 220 valence electrons. The highest BCUT2D eigenvalue weighted by Gasteiger charge is 2.37. The Bertz CT molecular complexity index is 1820. The van der Waals surface area contributed by atoms with Crippen molar-refractivity contribution in [2.45, 2.75) is 36.9 Å². The number of nitrogens with zero attached hydrogens (tertiary/aromatic N) is 2. The zero-order chi connectivity index (χ0) is 30.2. The number of hydrogen-bond donors (Lipinski definition) is 1. The van der Waals surface area contributed by atoms with Gasteiger partial charge < -0.3 is 4.74 Å². The molecular weight excluding hydrogens is 602 g/mol. The van der Waals surface area contributed by atoms with E-state index in [1.54, 1.807) is 19.1 Å². The molecule has 8 nitrogen and oxygen atoms in total. The van der Waals surface area contributed by atoms with Crippen LogP contribution in [0.1, 0.15) is 35.9 Å². The molecule has 4 aromatic rings. The minimum Gasteiger partial charge on any atom is -0.486 e. The summed E-state index contributed by atoms with van der Waals surface area (Å²) in [4.78, 5) is 13.1. The maximum absolute atomic E-state index is 14.5. The molecular formula is C28H22ClF4N3O5S. The van der Waals surface area contributed by atoms with Gasteiger partial charge in [-0.2, -0.15) is 13.2 Å². The number of H-pyrrole nitrogens is 1. The molecule has 0 saturated carbocycles. The van der Waals surface area contributed by atoms with Crippen LogP contribution in [0, 0.1) is 5.82 Å². The number of allylic oxidation sites excluding steroid dienone is 1. The van der Waals surface area contributed by atoms with Gasteiger partial charge in [0.05, 0.1) is 27.7 Å². The van der Waals surface area contributed by atoms with Crippen LogP contribution in [-0.4, -0.2) is 31.2 Å². The molecule has 2 heterocycles. The van der Waals surface area contributed by atoms with Crippen LogP contribution in [0.3, 0.4) is 0 Å². The number of aryl methyl sites for hydroxylation is 1. The lowest BCUT2D eigenvalue weighted by Gasteiger charge is -2.35. The van der Waals surface area contributed by atoms with Crippen molar-refractivity contribution in [3.8, 4) is 5.75 Å². The van der Waals surface area contributed by atoms with Crippen molar-refractivity contribution in [2.75, 3.05) is 10.8 Å². The molecule has 14 heteroatoms. The van der Waals surface area contributed by atoms with Crippen molar-refractivity contribution < 1.29 is 35.2 Å². The van der Waals surface area contributed by atoms with Gasteiger partial charge >= 0.3 is 11.9 Å². The number of aromatic amines is 1. The first kappa shape index (κ1) is 29.4. The SMILES string of the molecule is CC(=Cc1ccc2c(c1)N(S(=O)(=O)c1cccc(C(F)(F)F)c1)CC(CCc1noc(=O)[nH]1)O2)c1c(F)cccc1Cl. The summed E-state index contributed by atoms with van der Waals surface area (Å²) in [6.45, 7) is 1.39.